The predicted molar refractivity (Wildman–Crippen MR) is 96.2 cm³/mol. The van der Waals surface area contributed by atoms with E-state index in [1.54, 1.807) is 24.3 Å². The summed E-state index contributed by atoms with van der Waals surface area (Å²) in [6.45, 7) is 3.26. The predicted octanol–water partition coefficient (Wildman–Crippen LogP) is 0.186. The number of benzene rings is 1. The molecule has 0 bridgehead atoms. The molecule has 2 rings (SSSR count). The fourth-order valence-corrected chi connectivity index (χ4v) is 4.04. The standard InChI is InChI=1S/C17H25N3O5S/c1-13-4-6-15(7-5-13)26(24,25)19-9-14-3-2-8-20(11-14)12-16(21)18-10-17(22)23/h4-7,14,19H,2-3,8-12H2,1H3,(H,18,21)(H,22,23). The molecule has 0 radical (unpaired) electrons. The van der Waals surface area contributed by atoms with Gasteiger partial charge in [-0.15, -0.1) is 0 Å². The third kappa shape index (κ3) is 6.40. The van der Waals surface area contributed by atoms with Gasteiger partial charge in [0.05, 0.1) is 11.4 Å². The lowest BCUT2D eigenvalue weighted by molar-refractivity contribution is -0.138. The monoisotopic (exact) mass is 383 g/mol. The molecule has 0 aliphatic carbocycles. The molecule has 3 N–H and O–H groups in total. The van der Waals surface area contributed by atoms with Crippen molar-refractivity contribution in [3.63, 3.8) is 0 Å². The molecule has 1 aromatic rings. The first-order valence-electron chi connectivity index (χ1n) is 8.53. The quantitative estimate of drug-likeness (QED) is 0.590. The Morgan fingerprint density at radius 1 is 1.27 bits per heavy atom. The van der Waals surface area contributed by atoms with Crippen molar-refractivity contribution in [2.45, 2.75) is 24.7 Å². The molecule has 26 heavy (non-hydrogen) atoms. The van der Waals surface area contributed by atoms with Crippen LogP contribution in [-0.2, 0) is 19.6 Å². The number of amides is 1. The molecule has 1 unspecified atom stereocenters. The van der Waals surface area contributed by atoms with Gasteiger partial charge < -0.3 is 10.4 Å². The molecule has 1 fully saturated rings. The van der Waals surface area contributed by atoms with Gasteiger partial charge in [-0.1, -0.05) is 17.7 Å². The number of likely N-dealkylation sites (tertiary alicyclic amines) is 1. The minimum atomic E-state index is -3.55. The number of aryl methyl sites for hydroxylation is 1. The Morgan fingerprint density at radius 3 is 2.62 bits per heavy atom. The average Bonchev–Trinajstić information content (AvgIpc) is 2.59. The zero-order chi connectivity index (χ0) is 19.2. The van der Waals surface area contributed by atoms with E-state index >= 15 is 0 Å². The molecule has 1 heterocycles. The summed E-state index contributed by atoms with van der Waals surface area (Å²) in [7, 11) is -3.55. The Balaban J connectivity index is 1.83. The summed E-state index contributed by atoms with van der Waals surface area (Å²) in [5.41, 5.74) is 0.994. The maximum Gasteiger partial charge on any atom is 0.322 e. The molecular weight excluding hydrogens is 358 g/mol. The van der Waals surface area contributed by atoms with Gasteiger partial charge >= 0.3 is 5.97 Å². The van der Waals surface area contributed by atoms with E-state index in [0.717, 1.165) is 24.9 Å². The first-order valence-corrected chi connectivity index (χ1v) is 10.0. The number of carboxylic acid groups (broad SMARTS) is 1. The number of carbonyl (C=O) groups excluding carboxylic acids is 1. The van der Waals surface area contributed by atoms with Crippen LogP contribution in [0.15, 0.2) is 29.2 Å². The van der Waals surface area contributed by atoms with E-state index in [1.165, 1.54) is 0 Å². The van der Waals surface area contributed by atoms with E-state index in [9.17, 15) is 18.0 Å². The molecule has 1 atom stereocenters. The zero-order valence-corrected chi connectivity index (χ0v) is 15.6. The normalized spacial score (nSPS) is 18.4. The number of carboxylic acids is 1. The van der Waals surface area contributed by atoms with E-state index in [1.807, 2.05) is 11.8 Å². The largest absolute Gasteiger partial charge is 0.480 e. The maximum atomic E-state index is 12.4. The van der Waals surface area contributed by atoms with Crippen LogP contribution < -0.4 is 10.0 Å². The molecule has 1 amide bonds. The van der Waals surface area contributed by atoms with Crippen LogP contribution in [-0.4, -0.2) is 63.0 Å². The lowest BCUT2D eigenvalue weighted by Crippen LogP contribution is -2.45. The van der Waals surface area contributed by atoms with Crippen molar-refractivity contribution >= 4 is 21.9 Å². The number of nitrogens with zero attached hydrogens (tertiary/aromatic N) is 1. The van der Waals surface area contributed by atoms with Crippen molar-refractivity contribution in [3.8, 4) is 0 Å². The van der Waals surface area contributed by atoms with Crippen molar-refractivity contribution in [2.75, 3.05) is 32.7 Å². The van der Waals surface area contributed by atoms with Gasteiger partial charge in [-0.25, -0.2) is 13.1 Å². The highest BCUT2D eigenvalue weighted by atomic mass is 32.2. The molecule has 1 aliphatic heterocycles. The molecule has 9 heteroatoms. The highest BCUT2D eigenvalue weighted by Crippen LogP contribution is 2.17. The summed E-state index contributed by atoms with van der Waals surface area (Å²) in [5, 5.41) is 10.9. The second-order valence-corrected chi connectivity index (χ2v) is 8.35. The average molecular weight is 383 g/mol. The van der Waals surface area contributed by atoms with Gasteiger partial charge in [-0.05, 0) is 44.4 Å². The van der Waals surface area contributed by atoms with Gasteiger partial charge in [-0.2, -0.15) is 0 Å². The van der Waals surface area contributed by atoms with Crippen LogP contribution in [0, 0.1) is 12.8 Å². The number of sulfonamides is 1. The van der Waals surface area contributed by atoms with Crippen LogP contribution in [0.4, 0.5) is 0 Å². The summed E-state index contributed by atoms with van der Waals surface area (Å²) in [6, 6.07) is 6.68. The topological polar surface area (TPSA) is 116 Å². The van der Waals surface area contributed by atoms with Gasteiger partial charge in [0.2, 0.25) is 15.9 Å². The molecular formula is C17H25N3O5S. The van der Waals surface area contributed by atoms with E-state index in [-0.39, 0.29) is 23.3 Å². The Hall–Kier alpha value is -1.97. The number of carbonyl (C=O) groups is 2. The van der Waals surface area contributed by atoms with Crippen molar-refractivity contribution in [3.05, 3.63) is 29.8 Å². The van der Waals surface area contributed by atoms with Gasteiger partial charge in [0.25, 0.3) is 0 Å². The van der Waals surface area contributed by atoms with Crippen LogP contribution in [0.5, 0.6) is 0 Å². The first-order chi connectivity index (χ1) is 12.3. The van der Waals surface area contributed by atoms with Crippen molar-refractivity contribution in [2.24, 2.45) is 5.92 Å². The number of rotatable bonds is 8. The van der Waals surface area contributed by atoms with E-state index in [4.69, 9.17) is 5.11 Å². The summed E-state index contributed by atoms with van der Waals surface area (Å²) in [6.07, 6.45) is 1.74. The minimum Gasteiger partial charge on any atom is -0.480 e. The van der Waals surface area contributed by atoms with Crippen LogP contribution in [0.2, 0.25) is 0 Å². The third-order valence-corrected chi connectivity index (χ3v) is 5.74. The Labute approximate surface area is 153 Å². The molecule has 0 saturated carbocycles. The van der Waals surface area contributed by atoms with Crippen LogP contribution in [0.3, 0.4) is 0 Å². The lowest BCUT2D eigenvalue weighted by Gasteiger charge is -2.32. The molecule has 1 aliphatic rings. The highest BCUT2D eigenvalue weighted by Gasteiger charge is 2.23. The molecule has 0 spiro atoms. The second-order valence-electron chi connectivity index (χ2n) is 6.58. The van der Waals surface area contributed by atoms with Gasteiger partial charge in [0, 0.05) is 13.1 Å². The fourth-order valence-electron chi connectivity index (χ4n) is 2.92. The third-order valence-electron chi connectivity index (χ3n) is 4.30. The Bertz CT molecular complexity index is 733. The SMILES string of the molecule is Cc1ccc(S(=O)(=O)NCC2CCCN(CC(=O)NCC(=O)O)C2)cc1. The molecule has 8 nitrogen and oxygen atoms in total. The zero-order valence-electron chi connectivity index (χ0n) is 14.8. The summed E-state index contributed by atoms with van der Waals surface area (Å²) >= 11 is 0. The molecule has 1 aromatic carbocycles. The second kappa shape index (κ2) is 9.11. The van der Waals surface area contributed by atoms with E-state index in [2.05, 4.69) is 10.0 Å². The molecule has 0 aromatic heterocycles. The smallest absolute Gasteiger partial charge is 0.322 e. The fraction of sp³-hybridized carbons (Fsp3) is 0.529. The van der Waals surface area contributed by atoms with Gasteiger partial charge in [0.15, 0.2) is 0 Å². The number of piperidine rings is 1. The Morgan fingerprint density at radius 2 is 1.96 bits per heavy atom. The summed E-state index contributed by atoms with van der Waals surface area (Å²) in [5.74, 6) is -1.31. The number of nitrogens with one attached hydrogen (secondary N) is 2. The Kier molecular flexibility index (Phi) is 7.13. The van der Waals surface area contributed by atoms with E-state index < -0.39 is 22.5 Å². The number of hydrogen-bond donors (Lipinski definition) is 3. The van der Waals surface area contributed by atoms with Crippen LogP contribution in [0.25, 0.3) is 0 Å². The number of aliphatic carboxylic acids is 1. The maximum absolute atomic E-state index is 12.4. The van der Waals surface area contributed by atoms with E-state index in [0.29, 0.717) is 13.1 Å². The number of hydrogen-bond acceptors (Lipinski definition) is 5. The van der Waals surface area contributed by atoms with Crippen LogP contribution in [0.1, 0.15) is 18.4 Å². The highest BCUT2D eigenvalue weighted by molar-refractivity contribution is 7.89. The molecule has 144 valence electrons. The summed E-state index contributed by atoms with van der Waals surface area (Å²) < 4.78 is 27.3. The first kappa shape index (κ1) is 20.3. The molecule has 1 saturated heterocycles. The van der Waals surface area contributed by atoms with Crippen LogP contribution >= 0.6 is 0 Å². The minimum absolute atomic E-state index is 0.108. The van der Waals surface area contributed by atoms with Gasteiger partial charge in [-0.3, -0.25) is 14.5 Å². The van der Waals surface area contributed by atoms with Gasteiger partial charge in [0.1, 0.15) is 6.54 Å². The summed E-state index contributed by atoms with van der Waals surface area (Å²) in [4.78, 5) is 24.4. The van der Waals surface area contributed by atoms with Crippen molar-refractivity contribution < 1.29 is 23.1 Å². The lowest BCUT2D eigenvalue weighted by atomic mass is 9.98. The van der Waals surface area contributed by atoms with Crippen molar-refractivity contribution in [1.82, 2.24) is 14.9 Å². The van der Waals surface area contributed by atoms with Crippen molar-refractivity contribution in [1.29, 1.82) is 0 Å².